The lowest BCUT2D eigenvalue weighted by molar-refractivity contribution is 0.198. The summed E-state index contributed by atoms with van der Waals surface area (Å²) in [5.41, 5.74) is 8.87. The SMILES string of the molecule is Nc1ncc(-c2ccc([S+]([O-])C3CCOC3)cc2)nc1-c1cc(-c2ccc(CNCCF)cc2F)no1. The molecule has 2 aromatic carbocycles. The molecule has 1 aliphatic rings. The van der Waals surface area contributed by atoms with Crippen molar-refractivity contribution in [3.8, 4) is 34.0 Å². The Balaban J connectivity index is 1.36. The monoisotopic (exact) mass is 525 g/mol. The summed E-state index contributed by atoms with van der Waals surface area (Å²) in [6.07, 6.45) is 2.33. The van der Waals surface area contributed by atoms with Crippen LogP contribution in [0.1, 0.15) is 12.0 Å². The molecule has 3 N–H and O–H groups in total. The zero-order chi connectivity index (χ0) is 25.8. The van der Waals surface area contributed by atoms with E-state index in [0.29, 0.717) is 31.0 Å². The summed E-state index contributed by atoms with van der Waals surface area (Å²) in [7, 11) is 0. The maximum absolute atomic E-state index is 14.7. The second-order valence-corrected chi connectivity index (χ2v) is 10.3. The van der Waals surface area contributed by atoms with Gasteiger partial charge in [0.25, 0.3) is 0 Å². The number of hydrogen-bond donors (Lipinski definition) is 2. The van der Waals surface area contributed by atoms with E-state index in [-0.39, 0.29) is 40.3 Å². The van der Waals surface area contributed by atoms with E-state index in [2.05, 4.69) is 20.4 Å². The molecule has 3 heterocycles. The highest BCUT2D eigenvalue weighted by Gasteiger charge is 2.29. The van der Waals surface area contributed by atoms with Gasteiger partial charge < -0.3 is 24.9 Å². The molecule has 2 unspecified atom stereocenters. The number of nitrogens with zero attached hydrogens (tertiary/aromatic N) is 3. The molecule has 0 spiro atoms. The molecular formula is C26H25F2N5O3S. The van der Waals surface area contributed by atoms with Crippen LogP contribution in [0.4, 0.5) is 14.6 Å². The summed E-state index contributed by atoms with van der Waals surface area (Å²) in [5.74, 6) is -0.0945. The molecule has 37 heavy (non-hydrogen) atoms. The fourth-order valence-electron chi connectivity index (χ4n) is 4.04. The van der Waals surface area contributed by atoms with E-state index in [9.17, 15) is 13.3 Å². The molecule has 0 bridgehead atoms. The zero-order valence-electron chi connectivity index (χ0n) is 19.8. The molecule has 1 fully saturated rings. The number of halogens is 2. The van der Waals surface area contributed by atoms with Crippen LogP contribution in [0.3, 0.4) is 0 Å². The quantitative estimate of drug-likeness (QED) is 0.247. The van der Waals surface area contributed by atoms with Gasteiger partial charge in [-0.1, -0.05) is 11.2 Å². The summed E-state index contributed by atoms with van der Waals surface area (Å²) in [6.45, 7) is 1.22. The average Bonchev–Trinajstić information content (AvgIpc) is 3.62. The van der Waals surface area contributed by atoms with Gasteiger partial charge in [-0.25, -0.2) is 18.7 Å². The first kappa shape index (κ1) is 25.3. The number of ether oxygens (including phenoxy) is 1. The van der Waals surface area contributed by atoms with Crippen molar-refractivity contribution in [3.63, 3.8) is 0 Å². The van der Waals surface area contributed by atoms with Crippen molar-refractivity contribution in [2.45, 2.75) is 23.1 Å². The second kappa shape index (κ2) is 11.3. The third kappa shape index (κ3) is 5.64. The third-order valence-corrected chi connectivity index (χ3v) is 7.74. The fraction of sp³-hybridized carbons (Fsp3) is 0.269. The maximum atomic E-state index is 14.7. The van der Waals surface area contributed by atoms with Gasteiger partial charge >= 0.3 is 0 Å². The molecule has 0 radical (unpaired) electrons. The molecule has 2 aromatic heterocycles. The summed E-state index contributed by atoms with van der Waals surface area (Å²) >= 11 is -1.14. The number of anilines is 1. The van der Waals surface area contributed by atoms with E-state index in [0.717, 1.165) is 16.9 Å². The minimum absolute atomic E-state index is 0.00786. The maximum Gasteiger partial charge on any atom is 0.189 e. The number of rotatable bonds is 9. The standard InChI is InChI=1S/C26H25F2N5O3S/c27-8-9-30-13-16-1-6-20(21(28)11-16)22-12-24(36-33-22)25-26(29)31-14-23(32-25)17-2-4-18(5-3-17)37(34)19-7-10-35-15-19/h1-6,11-12,14,19,30H,7-10,13,15H2,(H2,29,31). The Morgan fingerprint density at radius 2 is 1.97 bits per heavy atom. The van der Waals surface area contributed by atoms with Crippen LogP contribution in [0.2, 0.25) is 0 Å². The first-order chi connectivity index (χ1) is 18.0. The van der Waals surface area contributed by atoms with Crippen molar-refractivity contribution in [1.82, 2.24) is 20.4 Å². The predicted octanol–water partition coefficient (Wildman–Crippen LogP) is 4.14. The number of hydrogen-bond acceptors (Lipinski definition) is 8. The van der Waals surface area contributed by atoms with Gasteiger partial charge in [0.1, 0.15) is 23.4 Å². The minimum atomic E-state index is -1.14. The Morgan fingerprint density at radius 3 is 2.70 bits per heavy atom. The van der Waals surface area contributed by atoms with Gasteiger partial charge in [0, 0.05) is 36.7 Å². The molecule has 8 nitrogen and oxygen atoms in total. The summed E-state index contributed by atoms with van der Waals surface area (Å²) in [5, 5.41) is 6.89. The van der Waals surface area contributed by atoms with Gasteiger partial charge in [0.05, 0.1) is 25.1 Å². The largest absolute Gasteiger partial charge is 0.611 e. The molecule has 2 atom stereocenters. The van der Waals surface area contributed by atoms with E-state index in [1.165, 1.54) is 6.07 Å². The van der Waals surface area contributed by atoms with Crippen LogP contribution in [0.15, 0.2) is 64.1 Å². The molecular weight excluding hydrogens is 500 g/mol. The topological polar surface area (TPSA) is 122 Å². The lowest BCUT2D eigenvalue weighted by Crippen LogP contribution is -2.21. The van der Waals surface area contributed by atoms with Gasteiger partial charge in [0.2, 0.25) is 0 Å². The van der Waals surface area contributed by atoms with Gasteiger partial charge in [-0.05, 0) is 53.1 Å². The highest BCUT2D eigenvalue weighted by Crippen LogP contribution is 2.31. The molecule has 4 aromatic rings. The lowest BCUT2D eigenvalue weighted by atomic mass is 10.1. The fourth-order valence-corrected chi connectivity index (χ4v) is 5.36. The Hall–Kier alpha value is -3.38. The van der Waals surface area contributed by atoms with Crippen molar-refractivity contribution >= 4 is 17.0 Å². The first-order valence-electron chi connectivity index (χ1n) is 11.8. The van der Waals surface area contributed by atoms with Crippen LogP contribution in [-0.2, 0) is 22.5 Å². The van der Waals surface area contributed by atoms with E-state index in [1.54, 1.807) is 24.4 Å². The molecule has 1 aliphatic heterocycles. The number of nitrogen functional groups attached to an aromatic ring is 1. The smallest absolute Gasteiger partial charge is 0.189 e. The molecule has 192 valence electrons. The molecule has 0 aliphatic carbocycles. The summed E-state index contributed by atoms with van der Waals surface area (Å²) in [6, 6.07) is 13.6. The predicted molar refractivity (Wildman–Crippen MR) is 136 cm³/mol. The van der Waals surface area contributed by atoms with Crippen molar-refractivity contribution in [3.05, 3.63) is 66.1 Å². The van der Waals surface area contributed by atoms with Crippen molar-refractivity contribution in [1.29, 1.82) is 0 Å². The molecule has 11 heteroatoms. The number of alkyl halides is 1. The summed E-state index contributed by atoms with van der Waals surface area (Å²) < 4.78 is 50.5. The Morgan fingerprint density at radius 1 is 1.14 bits per heavy atom. The van der Waals surface area contributed by atoms with Crippen LogP contribution in [0.5, 0.6) is 0 Å². The van der Waals surface area contributed by atoms with E-state index in [1.807, 2.05) is 24.3 Å². The number of nitrogens with two attached hydrogens (primary N) is 1. The number of benzene rings is 2. The van der Waals surface area contributed by atoms with Crippen LogP contribution < -0.4 is 11.1 Å². The van der Waals surface area contributed by atoms with Crippen LogP contribution in [0, 0.1) is 5.82 Å². The van der Waals surface area contributed by atoms with E-state index < -0.39 is 23.7 Å². The number of nitrogens with one attached hydrogen (secondary N) is 1. The number of aromatic nitrogens is 3. The van der Waals surface area contributed by atoms with Crippen molar-refractivity contribution in [2.24, 2.45) is 0 Å². The second-order valence-electron chi connectivity index (χ2n) is 8.55. The Bertz CT molecular complexity index is 1360. The van der Waals surface area contributed by atoms with Gasteiger partial charge in [-0.15, -0.1) is 0 Å². The molecule has 0 saturated carbocycles. The van der Waals surface area contributed by atoms with Crippen LogP contribution in [0.25, 0.3) is 34.0 Å². The minimum Gasteiger partial charge on any atom is -0.611 e. The molecule has 5 rings (SSSR count). The highest BCUT2D eigenvalue weighted by atomic mass is 32.2. The van der Waals surface area contributed by atoms with Crippen molar-refractivity contribution in [2.75, 3.05) is 32.2 Å². The van der Waals surface area contributed by atoms with Crippen LogP contribution >= 0.6 is 0 Å². The van der Waals surface area contributed by atoms with Gasteiger partial charge in [0.15, 0.2) is 22.2 Å². The van der Waals surface area contributed by atoms with Gasteiger partial charge in [-0.2, -0.15) is 0 Å². The third-order valence-electron chi connectivity index (χ3n) is 6.03. The molecule has 1 saturated heterocycles. The molecule has 0 amide bonds. The normalized spacial score (nSPS) is 16.2. The van der Waals surface area contributed by atoms with Crippen molar-refractivity contribution < 1.29 is 22.6 Å². The first-order valence-corrected chi connectivity index (χ1v) is 13.0. The average molecular weight is 526 g/mol. The highest BCUT2D eigenvalue weighted by molar-refractivity contribution is 7.92. The summed E-state index contributed by atoms with van der Waals surface area (Å²) in [4.78, 5) is 9.57. The lowest BCUT2D eigenvalue weighted by Gasteiger charge is -2.15. The van der Waals surface area contributed by atoms with Gasteiger partial charge in [-0.3, -0.25) is 0 Å². The Labute approximate surface area is 215 Å². The van der Waals surface area contributed by atoms with E-state index >= 15 is 0 Å². The van der Waals surface area contributed by atoms with E-state index in [4.69, 9.17) is 15.0 Å². The zero-order valence-corrected chi connectivity index (χ0v) is 20.6. The van der Waals surface area contributed by atoms with Crippen LogP contribution in [-0.4, -0.2) is 51.4 Å². The Kier molecular flexibility index (Phi) is 7.75.